The molecule has 2 aromatic heterocycles. The number of nitrogens with zero attached hydrogens (tertiary/aromatic N) is 2. The van der Waals surface area contributed by atoms with Crippen LogP contribution in [0.4, 0.5) is 0 Å². The fraction of sp³-hybridized carbons (Fsp3) is 0.0137. The second-order valence-electron chi connectivity index (χ2n) is 20.3. The van der Waals surface area contributed by atoms with E-state index < -0.39 is 13.5 Å². The highest BCUT2D eigenvalue weighted by Crippen LogP contribution is 2.56. The van der Waals surface area contributed by atoms with Crippen LogP contribution in [0.1, 0.15) is 22.3 Å². The Hall–Kier alpha value is -9.54. The number of para-hydroxylation sites is 2. The van der Waals surface area contributed by atoms with Gasteiger partial charge in [0.15, 0.2) is 8.07 Å². The average Bonchev–Trinajstić information content (AvgIpc) is 4.21. The topological polar surface area (TPSA) is 9.86 Å². The van der Waals surface area contributed by atoms with Crippen molar-refractivity contribution in [3.8, 4) is 33.6 Å². The Morgan fingerprint density at radius 3 is 1.22 bits per heavy atom. The molecule has 2 heterocycles. The van der Waals surface area contributed by atoms with Crippen molar-refractivity contribution in [3.05, 3.63) is 326 Å². The van der Waals surface area contributed by atoms with Crippen LogP contribution in [0.5, 0.6) is 0 Å². The molecule has 0 spiro atoms. The highest BCUT2D eigenvalue weighted by molar-refractivity contribution is 7.19. The monoisotopic (exact) mass is 982 g/mol. The van der Waals surface area contributed by atoms with E-state index in [2.05, 4.69) is 312 Å². The number of fused-ring (bicyclic) bond motifs is 9. The molecule has 0 amide bonds. The van der Waals surface area contributed by atoms with Gasteiger partial charge in [0.2, 0.25) is 0 Å². The first-order chi connectivity index (χ1) is 37.7. The molecule has 0 fully saturated rings. The van der Waals surface area contributed by atoms with Gasteiger partial charge in [-0.25, -0.2) is 0 Å². The molecule has 0 saturated heterocycles. The van der Waals surface area contributed by atoms with Gasteiger partial charge in [0.1, 0.15) is 0 Å². The van der Waals surface area contributed by atoms with E-state index in [1.807, 2.05) is 0 Å². The molecular weight excluding hydrogens is 933 g/mol. The normalized spacial score (nSPS) is 12.8. The van der Waals surface area contributed by atoms with E-state index in [1.165, 1.54) is 109 Å². The molecule has 14 aromatic rings. The van der Waals surface area contributed by atoms with E-state index in [9.17, 15) is 0 Å². The van der Waals surface area contributed by atoms with E-state index in [0.717, 1.165) is 11.4 Å². The van der Waals surface area contributed by atoms with Gasteiger partial charge < -0.3 is 9.13 Å². The first-order valence-corrected chi connectivity index (χ1v) is 28.4. The third kappa shape index (κ3) is 6.46. The molecule has 0 atom stereocenters. The van der Waals surface area contributed by atoms with E-state index in [1.54, 1.807) is 0 Å². The largest absolute Gasteiger partial charge is 0.309 e. The van der Waals surface area contributed by atoms with Gasteiger partial charge in [-0.05, 0) is 114 Å². The van der Waals surface area contributed by atoms with Crippen molar-refractivity contribution < 1.29 is 0 Å². The first-order valence-electron chi connectivity index (χ1n) is 26.4. The molecule has 3 heteroatoms. The van der Waals surface area contributed by atoms with Gasteiger partial charge in [-0.15, -0.1) is 0 Å². The number of hydrogen-bond donors (Lipinski definition) is 0. The zero-order valence-electron chi connectivity index (χ0n) is 41.8. The van der Waals surface area contributed by atoms with Crippen LogP contribution < -0.4 is 20.7 Å². The van der Waals surface area contributed by atoms with Gasteiger partial charge in [0.25, 0.3) is 0 Å². The smallest absolute Gasteiger partial charge is 0.179 e. The minimum absolute atomic E-state index is 0.439. The molecule has 12 aromatic carbocycles. The summed E-state index contributed by atoms with van der Waals surface area (Å²) in [4.78, 5) is 0. The van der Waals surface area contributed by atoms with Crippen molar-refractivity contribution in [3.63, 3.8) is 0 Å². The van der Waals surface area contributed by atoms with E-state index in [4.69, 9.17) is 0 Å². The number of benzene rings is 12. The Kier molecular flexibility index (Phi) is 10.2. The van der Waals surface area contributed by atoms with Crippen LogP contribution in [-0.4, -0.2) is 17.2 Å². The van der Waals surface area contributed by atoms with Crippen molar-refractivity contribution in [2.24, 2.45) is 0 Å². The Balaban J connectivity index is 0.896. The van der Waals surface area contributed by atoms with Crippen molar-refractivity contribution in [1.82, 2.24) is 9.13 Å². The molecular formula is C73H50N2Si. The fourth-order valence-electron chi connectivity index (χ4n) is 13.4. The highest BCUT2D eigenvalue weighted by atomic mass is 28.3. The quantitative estimate of drug-likeness (QED) is 0.101. The lowest BCUT2D eigenvalue weighted by atomic mass is 9.67. The number of hydrogen-bond acceptors (Lipinski definition) is 0. The van der Waals surface area contributed by atoms with Gasteiger partial charge in [-0.1, -0.05) is 255 Å². The lowest BCUT2D eigenvalue weighted by molar-refractivity contribution is 0.768. The highest BCUT2D eigenvalue weighted by Gasteiger charge is 2.46. The van der Waals surface area contributed by atoms with E-state index in [0.29, 0.717) is 0 Å². The first kappa shape index (κ1) is 44.0. The van der Waals surface area contributed by atoms with Crippen molar-refractivity contribution >= 4 is 72.4 Å². The summed E-state index contributed by atoms with van der Waals surface area (Å²) in [5.41, 5.74) is 16.7. The summed E-state index contributed by atoms with van der Waals surface area (Å²) < 4.78 is 4.96. The lowest BCUT2D eigenvalue weighted by Crippen LogP contribution is -2.74. The third-order valence-electron chi connectivity index (χ3n) is 16.6. The van der Waals surface area contributed by atoms with Gasteiger partial charge in [0, 0.05) is 32.9 Å². The van der Waals surface area contributed by atoms with Gasteiger partial charge >= 0.3 is 0 Å². The predicted molar refractivity (Wildman–Crippen MR) is 321 cm³/mol. The molecule has 15 rings (SSSR count). The molecule has 1 aliphatic carbocycles. The Morgan fingerprint density at radius 2 is 0.645 bits per heavy atom. The maximum atomic E-state index is 2.48. The van der Waals surface area contributed by atoms with Crippen LogP contribution in [0.3, 0.4) is 0 Å². The number of aromatic nitrogens is 2. The summed E-state index contributed by atoms with van der Waals surface area (Å²) in [5, 5.41) is 10.4. The lowest BCUT2D eigenvalue weighted by Gasteiger charge is -2.34. The zero-order valence-corrected chi connectivity index (χ0v) is 42.8. The van der Waals surface area contributed by atoms with Crippen LogP contribution in [0.2, 0.25) is 0 Å². The standard InChI is InChI=1S/C73H50N2Si/c1-6-22-53(23-7-1)73(54-24-8-2-9-25-54)67-35-19-16-32-61(67)66-48-51(39-47-68(66)73)52-38-45-64-62-33-18-21-37-70(62)75(71(64)49-52)56-42-46-65-63-34-17-20-36-69(63)74(72(65)50-56)55-40-43-60(44-41-55)76(57-26-10-3-11-27-57,58-28-12-4-13-29-58)59-30-14-5-15-31-59/h1-50H. The second kappa shape index (κ2) is 17.6. The SMILES string of the molecule is c1ccc(C2(c3ccccc3)c3ccccc3-c3cc(-c4ccc5c6ccccc6n(-c6ccc7c8ccccc8n(-c8ccc([Si](c9ccccc9)(c9ccccc9)c9ccccc9)cc8)c7c6)c5c4)ccc32)cc1. The van der Waals surface area contributed by atoms with Crippen LogP contribution in [-0.2, 0) is 5.41 Å². The molecule has 0 unspecified atom stereocenters. The van der Waals surface area contributed by atoms with Crippen LogP contribution in [0, 0.1) is 0 Å². The molecule has 356 valence electrons. The Morgan fingerprint density at radius 1 is 0.250 bits per heavy atom. The van der Waals surface area contributed by atoms with Crippen LogP contribution in [0.25, 0.3) is 77.2 Å². The predicted octanol–water partition coefficient (Wildman–Crippen LogP) is 15.3. The van der Waals surface area contributed by atoms with Crippen molar-refractivity contribution in [1.29, 1.82) is 0 Å². The number of rotatable bonds is 9. The van der Waals surface area contributed by atoms with Gasteiger partial charge in [0.05, 0.1) is 27.5 Å². The minimum atomic E-state index is -2.71. The van der Waals surface area contributed by atoms with Crippen LogP contribution >= 0.6 is 0 Å². The van der Waals surface area contributed by atoms with Crippen LogP contribution in [0.15, 0.2) is 303 Å². The van der Waals surface area contributed by atoms with Gasteiger partial charge in [-0.3, -0.25) is 0 Å². The molecule has 2 nitrogen and oxygen atoms in total. The summed E-state index contributed by atoms with van der Waals surface area (Å²) in [7, 11) is -2.71. The minimum Gasteiger partial charge on any atom is -0.309 e. The average molecular weight is 983 g/mol. The zero-order chi connectivity index (χ0) is 50.2. The molecule has 1 aliphatic rings. The maximum absolute atomic E-state index is 2.71. The molecule has 0 saturated carbocycles. The van der Waals surface area contributed by atoms with E-state index >= 15 is 0 Å². The summed E-state index contributed by atoms with van der Waals surface area (Å²) >= 11 is 0. The third-order valence-corrected chi connectivity index (χ3v) is 21.4. The fourth-order valence-corrected chi connectivity index (χ4v) is 18.1. The molecule has 76 heavy (non-hydrogen) atoms. The van der Waals surface area contributed by atoms with Crippen molar-refractivity contribution in [2.45, 2.75) is 5.41 Å². The summed E-state index contributed by atoms with van der Waals surface area (Å²) in [6.07, 6.45) is 0. The maximum Gasteiger partial charge on any atom is 0.179 e. The van der Waals surface area contributed by atoms with Gasteiger partial charge in [-0.2, -0.15) is 0 Å². The van der Waals surface area contributed by atoms with Crippen molar-refractivity contribution in [2.75, 3.05) is 0 Å². The molecule has 0 bridgehead atoms. The summed E-state index contributed by atoms with van der Waals surface area (Å²) in [5.74, 6) is 0. The second-order valence-corrected chi connectivity index (χ2v) is 24.1. The summed E-state index contributed by atoms with van der Waals surface area (Å²) in [6, 6.07) is 113. The molecule has 0 radical (unpaired) electrons. The Bertz CT molecular complexity index is 4350. The summed E-state index contributed by atoms with van der Waals surface area (Å²) in [6.45, 7) is 0. The molecule has 0 N–H and O–H groups in total. The van der Waals surface area contributed by atoms with E-state index in [-0.39, 0.29) is 0 Å². The molecule has 0 aliphatic heterocycles. The Labute approximate surface area is 443 Å².